The Labute approximate surface area is 215 Å². The van der Waals surface area contributed by atoms with E-state index >= 15 is 0 Å². The highest BCUT2D eigenvalue weighted by Crippen LogP contribution is 2.36. The lowest BCUT2D eigenvalue weighted by molar-refractivity contribution is 0.0943. The van der Waals surface area contributed by atoms with Crippen LogP contribution in [0.15, 0.2) is 52.0 Å². The molecule has 0 atom stereocenters. The van der Waals surface area contributed by atoms with Gasteiger partial charge in [0.05, 0.1) is 25.5 Å². The fourth-order valence-electron chi connectivity index (χ4n) is 4.69. The minimum absolute atomic E-state index is 0.0556. The second-order valence-corrected chi connectivity index (χ2v) is 11.0. The molecule has 0 saturated carbocycles. The molecular formula is C26H29N5O5S. The minimum Gasteiger partial charge on any atom is -0.495 e. The number of fused-ring (bicyclic) bond motifs is 1. The van der Waals surface area contributed by atoms with Gasteiger partial charge in [-0.05, 0) is 62.6 Å². The monoisotopic (exact) mass is 523 g/mol. The molecule has 4 aromatic rings. The van der Waals surface area contributed by atoms with E-state index in [1.807, 2.05) is 19.9 Å². The molecule has 1 amide bonds. The lowest BCUT2D eigenvalue weighted by Gasteiger charge is -2.26. The molecule has 0 spiro atoms. The maximum Gasteiger partial charge on any atom is 0.272 e. The summed E-state index contributed by atoms with van der Waals surface area (Å²) in [7, 11) is -2.37. The Kier molecular flexibility index (Phi) is 6.74. The number of aromatic nitrogens is 3. The largest absolute Gasteiger partial charge is 0.495 e. The zero-order valence-corrected chi connectivity index (χ0v) is 21.8. The van der Waals surface area contributed by atoms with Crippen LogP contribution in [0.25, 0.3) is 16.8 Å². The van der Waals surface area contributed by atoms with Crippen LogP contribution in [-0.4, -0.2) is 53.4 Å². The molecule has 3 aromatic heterocycles. The first-order valence-electron chi connectivity index (χ1n) is 12.2. The molecular weight excluding hydrogens is 494 g/mol. The second-order valence-electron chi connectivity index (χ2n) is 9.09. The highest BCUT2D eigenvalue weighted by molar-refractivity contribution is 7.89. The number of nitrogens with zero attached hydrogens (tertiary/aromatic N) is 4. The van der Waals surface area contributed by atoms with E-state index in [2.05, 4.69) is 15.4 Å². The number of amides is 1. The number of nitrogens with one attached hydrogen (secondary N) is 1. The van der Waals surface area contributed by atoms with Crippen molar-refractivity contribution in [3.63, 3.8) is 0 Å². The van der Waals surface area contributed by atoms with Crippen LogP contribution < -0.4 is 10.1 Å². The number of hydrogen-bond donors (Lipinski definition) is 1. The zero-order chi connectivity index (χ0) is 26.2. The Morgan fingerprint density at radius 3 is 2.62 bits per heavy atom. The number of carbonyl (C=O) groups is 1. The highest BCUT2D eigenvalue weighted by atomic mass is 32.2. The molecule has 1 aliphatic rings. The second kappa shape index (κ2) is 9.98. The molecule has 11 heteroatoms. The standard InChI is InChI=1S/C26H29N5O5S/c1-17-14-18(2)31-25(28-17)23(24(29-31)26(32)27-16-20-8-7-13-36-20)19-9-10-21(35-3)22(15-19)37(33,34)30-11-5-4-6-12-30/h7-10,13-15H,4-6,11-12,16H2,1-3H3,(H,27,32). The van der Waals surface area contributed by atoms with Crippen LogP contribution in [-0.2, 0) is 16.6 Å². The fourth-order valence-corrected chi connectivity index (χ4v) is 6.39. The van der Waals surface area contributed by atoms with Gasteiger partial charge < -0.3 is 14.5 Å². The summed E-state index contributed by atoms with van der Waals surface area (Å²) in [5.41, 5.74) is 3.10. The first-order valence-corrected chi connectivity index (χ1v) is 13.6. The van der Waals surface area contributed by atoms with Crippen LogP contribution in [0.3, 0.4) is 0 Å². The van der Waals surface area contributed by atoms with Crippen molar-refractivity contribution in [2.24, 2.45) is 0 Å². The van der Waals surface area contributed by atoms with E-state index in [1.165, 1.54) is 17.7 Å². The average molecular weight is 524 g/mol. The summed E-state index contributed by atoms with van der Waals surface area (Å²) in [6.07, 6.45) is 4.18. The Bertz CT molecular complexity index is 1550. The molecule has 1 aromatic carbocycles. The number of aryl methyl sites for hydroxylation is 2. The summed E-state index contributed by atoms with van der Waals surface area (Å²) in [6, 6.07) is 10.3. The van der Waals surface area contributed by atoms with Gasteiger partial charge in [-0.3, -0.25) is 4.79 Å². The van der Waals surface area contributed by atoms with Crippen molar-refractivity contribution in [2.45, 2.75) is 44.6 Å². The van der Waals surface area contributed by atoms with Crippen LogP contribution in [0.4, 0.5) is 0 Å². The first-order chi connectivity index (χ1) is 17.8. The normalized spacial score (nSPS) is 14.7. The van der Waals surface area contributed by atoms with E-state index in [9.17, 15) is 13.2 Å². The van der Waals surface area contributed by atoms with Gasteiger partial charge in [-0.1, -0.05) is 12.5 Å². The molecule has 1 aliphatic heterocycles. The van der Waals surface area contributed by atoms with Crippen LogP contribution in [0.5, 0.6) is 5.75 Å². The lowest BCUT2D eigenvalue weighted by Crippen LogP contribution is -2.35. The van der Waals surface area contributed by atoms with E-state index in [0.29, 0.717) is 35.6 Å². The van der Waals surface area contributed by atoms with Crippen LogP contribution >= 0.6 is 0 Å². The highest BCUT2D eigenvalue weighted by Gasteiger charge is 2.31. The molecule has 0 aliphatic carbocycles. The smallest absolute Gasteiger partial charge is 0.272 e. The fraction of sp³-hybridized carbons (Fsp3) is 0.346. The van der Waals surface area contributed by atoms with Gasteiger partial charge in [0, 0.05) is 24.5 Å². The number of furan rings is 1. The number of benzene rings is 1. The summed E-state index contributed by atoms with van der Waals surface area (Å²) in [5, 5.41) is 7.41. The Balaban J connectivity index is 1.65. The van der Waals surface area contributed by atoms with E-state index in [0.717, 1.165) is 30.7 Å². The SMILES string of the molecule is COc1ccc(-c2c(C(=O)NCc3ccco3)nn3c(C)cc(C)nc23)cc1S(=O)(=O)N1CCCCC1. The summed E-state index contributed by atoms with van der Waals surface area (Å²) in [6.45, 7) is 4.85. The van der Waals surface area contributed by atoms with Gasteiger partial charge >= 0.3 is 0 Å². The van der Waals surface area contributed by atoms with Crippen LogP contribution in [0, 0.1) is 13.8 Å². The maximum atomic E-state index is 13.6. The lowest BCUT2D eigenvalue weighted by atomic mass is 10.0. The predicted molar refractivity (Wildman–Crippen MR) is 137 cm³/mol. The molecule has 10 nitrogen and oxygen atoms in total. The predicted octanol–water partition coefficient (Wildman–Crippen LogP) is 3.72. The van der Waals surface area contributed by atoms with E-state index in [4.69, 9.17) is 9.15 Å². The van der Waals surface area contributed by atoms with Crippen molar-refractivity contribution in [1.29, 1.82) is 0 Å². The number of piperidine rings is 1. The van der Waals surface area contributed by atoms with Crippen LogP contribution in [0.1, 0.15) is 46.9 Å². The number of sulfonamides is 1. The summed E-state index contributed by atoms with van der Waals surface area (Å²) < 4.78 is 41.1. The topological polar surface area (TPSA) is 119 Å². The minimum atomic E-state index is -3.81. The average Bonchev–Trinajstić information content (AvgIpc) is 3.56. The molecule has 194 valence electrons. The van der Waals surface area contributed by atoms with Gasteiger partial charge in [-0.15, -0.1) is 0 Å². The Morgan fingerprint density at radius 1 is 1.14 bits per heavy atom. The van der Waals surface area contributed by atoms with Gasteiger partial charge in [0.1, 0.15) is 16.4 Å². The van der Waals surface area contributed by atoms with Crippen molar-refractivity contribution >= 4 is 21.6 Å². The van der Waals surface area contributed by atoms with E-state index in [-0.39, 0.29) is 22.9 Å². The zero-order valence-electron chi connectivity index (χ0n) is 21.0. The summed E-state index contributed by atoms with van der Waals surface area (Å²) in [4.78, 5) is 18.1. The van der Waals surface area contributed by atoms with E-state index < -0.39 is 15.9 Å². The first kappa shape index (κ1) is 25.0. The molecule has 0 radical (unpaired) electrons. The third-order valence-corrected chi connectivity index (χ3v) is 8.42. The van der Waals surface area contributed by atoms with Crippen molar-refractivity contribution < 1.29 is 22.4 Å². The van der Waals surface area contributed by atoms with Gasteiger partial charge in [0.25, 0.3) is 5.91 Å². The quantitative estimate of drug-likeness (QED) is 0.392. The van der Waals surface area contributed by atoms with Gasteiger partial charge in [0.2, 0.25) is 10.0 Å². The molecule has 0 bridgehead atoms. The molecule has 37 heavy (non-hydrogen) atoms. The van der Waals surface area contributed by atoms with E-state index in [1.54, 1.807) is 34.8 Å². The van der Waals surface area contributed by atoms with Gasteiger partial charge in [0.15, 0.2) is 11.3 Å². The number of carbonyl (C=O) groups excluding carboxylic acids is 1. The van der Waals surface area contributed by atoms with Crippen molar-refractivity contribution in [1.82, 2.24) is 24.2 Å². The van der Waals surface area contributed by atoms with Gasteiger partial charge in [-0.2, -0.15) is 9.40 Å². The number of rotatable bonds is 7. The molecule has 4 heterocycles. The van der Waals surface area contributed by atoms with Crippen molar-refractivity contribution in [2.75, 3.05) is 20.2 Å². The van der Waals surface area contributed by atoms with Crippen molar-refractivity contribution in [3.05, 3.63) is 65.5 Å². The van der Waals surface area contributed by atoms with Crippen LogP contribution in [0.2, 0.25) is 0 Å². The maximum absolute atomic E-state index is 13.6. The number of ether oxygens (including phenoxy) is 1. The molecule has 1 fully saturated rings. The Hall–Kier alpha value is -3.70. The number of methoxy groups -OCH3 is 1. The third-order valence-electron chi connectivity index (χ3n) is 6.50. The third kappa shape index (κ3) is 4.72. The summed E-state index contributed by atoms with van der Waals surface area (Å²) in [5.74, 6) is 0.420. The molecule has 5 rings (SSSR count). The molecule has 1 N–H and O–H groups in total. The van der Waals surface area contributed by atoms with Crippen molar-refractivity contribution in [3.8, 4) is 16.9 Å². The molecule has 0 unspecified atom stereocenters. The summed E-state index contributed by atoms with van der Waals surface area (Å²) >= 11 is 0. The Morgan fingerprint density at radius 2 is 1.92 bits per heavy atom. The van der Waals surface area contributed by atoms with Gasteiger partial charge in [-0.25, -0.2) is 17.9 Å². The molecule has 1 saturated heterocycles. The number of hydrogen-bond acceptors (Lipinski definition) is 7.